The Morgan fingerprint density at radius 2 is 2.18 bits per heavy atom. The smallest absolute Gasteiger partial charge is 0.265 e. The highest BCUT2D eigenvalue weighted by atomic mass is 35.5. The Morgan fingerprint density at radius 1 is 1.36 bits per heavy atom. The maximum Gasteiger partial charge on any atom is 0.265 e. The summed E-state index contributed by atoms with van der Waals surface area (Å²) in [5.74, 6) is 0.405. The van der Waals surface area contributed by atoms with Crippen molar-refractivity contribution in [2.75, 3.05) is 17.2 Å². The molecule has 2 heterocycles. The van der Waals surface area contributed by atoms with Crippen molar-refractivity contribution in [1.29, 1.82) is 0 Å². The Kier molecular flexibility index (Phi) is 5.26. The molecule has 0 aliphatic carbocycles. The minimum Gasteiger partial charge on any atom is -0.479 e. The number of nitrogens with one attached hydrogen (secondary N) is 3. The lowest BCUT2D eigenvalue weighted by Crippen LogP contribution is -2.43. The van der Waals surface area contributed by atoms with E-state index in [-0.39, 0.29) is 30.3 Å². The van der Waals surface area contributed by atoms with Crippen LogP contribution in [-0.4, -0.2) is 30.5 Å². The van der Waals surface area contributed by atoms with E-state index in [1.54, 1.807) is 25.1 Å². The van der Waals surface area contributed by atoms with Gasteiger partial charge in [0.2, 0.25) is 5.91 Å². The molecule has 0 radical (unpaired) electrons. The van der Waals surface area contributed by atoms with Gasteiger partial charge in [0, 0.05) is 5.69 Å². The van der Waals surface area contributed by atoms with E-state index in [1.807, 2.05) is 0 Å². The number of benzene rings is 1. The minimum atomic E-state index is -0.496. The van der Waals surface area contributed by atoms with E-state index in [0.717, 1.165) is 25.8 Å². The van der Waals surface area contributed by atoms with Crippen molar-refractivity contribution >= 4 is 35.6 Å². The summed E-state index contributed by atoms with van der Waals surface area (Å²) in [4.78, 5) is 23.8. The zero-order valence-corrected chi connectivity index (χ0v) is 13.2. The molecule has 0 spiro atoms. The second-order valence-electron chi connectivity index (χ2n) is 5.45. The number of halogens is 1. The third kappa shape index (κ3) is 3.51. The van der Waals surface area contributed by atoms with Crippen molar-refractivity contribution < 1.29 is 14.3 Å². The summed E-state index contributed by atoms with van der Waals surface area (Å²) < 4.78 is 5.48. The lowest BCUT2D eigenvalue weighted by molar-refractivity contribution is -0.122. The van der Waals surface area contributed by atoms with Crippen molar-refractivity contribution in [3.05, 3.63) is 18.2 Å². The molecule has 1 saturated heterocycles. The van der Waals surface area contributed by atoms with Gasteiger partial charge in [-0.15, -0.1) is 12.4 Å². The van der Waals surface area contributed by atoms with E-state index in [1.165, 1.54) is 0 Å². The van der Waals surface area contributed by atoms with E-state index in [9.17, 15) is 9.59 Å². The highest BCUT2D eigenvalue weighted by molar-refractivity contribution is 6.00. The van der Waals surface area contributed by atoms with E-state index in [4.69, 9.17) is 4.74 Å². The van der Waals surface area contributed by atoms with E-state index < -0.39 is 6.10 Å². The molecule has 1 aromatic carbocycles. The van der Waals surface area contributed by atoms with Crippen LogP contribution in [0.3, 0.4) is 0 Å². The first kappa shape index (κ1) is 16.6. The summed E-state index contributed by atoms with van der Waals surface area (Å²) in [6, 6.07) is 5.12. The Balaban J connectivity index is 0.00000176. The molecule has 2 aliphatic rings. The zero-order valence-electron chi connectivity index (χ0n) is 12.3. The highest BCUT2D eigenvalue weighted by Gasteiger charge is 2.24. The van der Waals surface area contributed by atoms with Gasteiger partial charge in [-0.2, -0.15) is 0 Å². The summed E-state index contributed by atoms with van der Waals surface area (Å²) >= 11 is 0. The van der Waals surface area contributed by atoms with Crippen molar-refractivity contribution in [1.82, 2.24) is 5.32 Å². The van der Waals surface area contributed by atoms with Crippen LogP contribution in [0, 0.1) is 0 Å². The van der Waals surface area contributed by atoms with Crippen LogP contribution >= 0.6 is 12.4 Å². The maximum atomic E-state index is 12.2. The molecule has 120 valence electrons. The number of hydrogen-bond donors (Lipinski definition) is 3. The van der Waals surface area contributed by atoms with Gasteiger partial charge in [-0.25, -0.2) is 0 Å². The number of rotatable bonds is 2. The molecule has 2 atom stereocenters. The minimum absolute atomic E-state index is 0. The molecule has 2 aliphatic heterocycles. The fourth-order valence-corrected chi connectivity index (χ4v) is 2.59. The topological polar surface area (TPSA) is 79.5 Å². The molecule has 22 heavy (non-hydrogen) atoms. The number of ether oxygens (including phenoxy) is 1. The van der Waals surface area contributed by atoms with Crippen LogP contribution in [0.4, 0.5) is 11.4 Å². The lowest BCUT2D eigenvalue weighted by Gasteiger charge is -2.25. The molecule has 0 bridgehead atoms. The monoisotopic (exact) mass is 325 g/mol. The molecular weight excluding hydrogens is 306 g/mol. The molecule has 1 unspecified atom stereocenters. The Bertz CT molecular complexity index is 573. The van der Waals surface area contributed by atoms with Gasteiger partial charge in [-0.1, -0.05) is 6.42 Å². The average Bonchev–Trinajstić information content (AvgIpc) is 2.49. The number of fused-ring (bicyclic) bond motifs is 1. The van der Waals surface area contributed by atoms with Gasteiger partial charge in [0.1, 0.15) is 5.75 Å². The van der Waals surface area contributed by atoms with Gasteiger partial charge in [0.25, 0.3) is 5.91 Å². The van der Waals surface area contributed by atoms with Crippen LogP contribution in [0.15, 0.2) is 18.2 Å². The number of hydrogen-bond acceptors (Lipinski definition) is 4. The van der Waals surface area contributed by atoms with Crippen molar-refractivity contribution in [2.24, 2.45) is 0 Å². The fourth-order valence-electron chi connectivity index (χ4n) is 2.59. The van der Waals surface area contributed by atoms with Gasteiger partial charge >= 0.3 is 0 Å². The fraction of sp³-hybridized carbons (Fsp3) is 0.467. The predicted molar refractivity (Wildman–Crippen MR) is 86.7 cm³/mol. The number of piperidine rings is 1. The number of carbonyl (C=O) groups excluding carboxylic acids is 2. The standard InChI is InChI=1S/C15H19N3O3.ClH/c1-9-14(19)18-12-8-10(5-6-13(12)21-9)17-15(20)11-4-2-3-7-16-11;/h5-6,8-9,11,16H,2-4,7H2,1H3,(H,17,20)(H,18,19);1H/t9?,11-;/m1./s1. The van der Waals surface area contributed by atoms with Crippen molar-refractivity contribution in [3.8, 4) is 5.75 Å². The van der Waals surface area contributed by atoms with Gasteiger partial charge in [-0.3, -0.25) is 9.59 Å². The van der Waals surface area contributed by atoms with Gasteiger partial charge in [0.05, 0.1) is 11.7 Å². The van der Waals surface area contributed by atoms with Gasteiger partial charge < -0.3 is 20.7 Å². The van der Waals surface area contributed by atoms with Gasteiger partial charge in [-0.05, 0) is 44.5 Å². The van der Waals surface area contributed by atoms with E-state index in [0.29, 0.717) is 17.1 Å². The first-order chi connectivity index (χ1) is 10.1. The largest absolute Gasteiger partial charge is 0.479 e. The number of amides is 2. The number of anilines is 2. The third-order valence-electron chi connectivity index (χ3n) is 3.80. The van der Waals surface area contributed by atoms with Crippen LogP contribution in [0.2, 0.25) is 0 Å². The first-order valence-corrected chi connectivity index (χ1v) is 7.29. The van der Waals surface area contributed by atoms with Crippen molar-refractivity contribution in [3.63, 3.8) is 0 Å². The molecule has 1 aromatic rings. The third-order valence-corrected chi connectivity index (χ3v) is 3.80. The molecule has 0 saturated carbocycles. The van der Waals surface area contributed by atoms with Crippen molar-refractivity contribution in [2.45, 2.75) is 38.3 Å². The molecule has 3 rings (SSSR count). The maximum absolute atomic E-state index is 12.2. The molecule has 0 aromatic heterocycles. The molecule has 7 heteroatoms. The van der Waals surface area contributed by atoms with Crippen LogP contribution in [0.1, 0.15) is 26.2 Å². The summed E-state index contributed by atoms with van der Waals surface area (Å²) in [6.45, 7) is 2.58. The predicted octanol–water partition coefficient (Wildman–Crippen LogP) is 1.91. The lowest BCUT2D eigenvalue weighted by atomic mass is 10.0. The molecule has 6 nitrogen and oxygen atoms in total. The normalized spacial score (nSPS) is 23.4. The summed E-state index contributed by atoms with van der Waals surface area (Å²) in [5, 5.41) is 8.86. The van der Waals surface area contributed by atoms with Crippen LogP contribution in [0.25, 0.3) is 0 Å². The molecular formula is C15H20ClN3O3. The SMILES string of the molecule is CC1Oc2ccc(NC(=O)[C@H]3CCCCN3)cc2NC1=O.Cl. The number of carbonyl (C=O) groups is 2. The zero-order chi connectivity index (χ0) is 14.8. The molecule has 1 fully saturated rings. The Hall–Kier alpha value is -1.79. The summed E-state index contributed by atoms with van der Waals surface area (Å²) in [6.07, 6.45) is 2.54. The van der Waals surface area contributed by atoms with Crippen LogP contribution in [0.5, 0.6) is 5.75 Å². The first-order valence-electron chi connectivity index (χ1n) is 7.29. The second kappa shape index (κ2) is 6.98. The van der Waals surface area contributed by atoms with E-state index >= 15 is 0 Å². The molecule has 3 N–H and O–H groups in total. The summed E-state index contributed by atoms with van der Waals surface area (Å²) in [5.41, 5.74) is 1.25. The van der Waals surface area contributed by atoms with Crippen LogP contribution < -0.4 is 20.7 Å². The Labute approximate surface area is 135 Å². The van der Waals surface area contributed by atoms with E-state index in [2.05, 4.69) is 16.0 Å². The van der Waals surface area contributed by atoms with Crippen LogP contribution in [-0.2, 0) is 9.59 Å². The summed E-state index contributed by atoms with van der Waals surface area (Å²) in [7, 11) is 0. The Morgan fingerprint density at radius 3 is 2.91 bits per heavy atom. The average molecular weight is 326 g/mol. The highest BCUT2D eigenvalue weighted by Crippen LogP contribution is 2.32. The quantitative estimate of drug-likeness (QED) is 0.776. The molecule has 2 amide bonds. The van der Waals surface area contributed by atoms with Gasteiger partial charge in [0.15, 0.2) is 6.10 Å². The second-order valence-corrected chi connectivity index (χ2v) is 5.45.